The maximum absolute atomic E-state index is 11.3. The van der Waals surface area contributed by atoms with Crippen LogP contribution in [0.25, 0.3) is 0 Å². The molecule has 1 amide bonds. The molecule has 0 aromatic rings. The number of hydrogen-bond acceptors (Lipinski definition) is 8. The lowest BCUT2D eigenvalue weighted by molar-refractivity contribution is -0.194. The highest BCUT2D eigenvalue weighted by atomic mass is 16.4. The van der Waals surface area contributed by atoms with Crippen molar-refractivity contribution in [3.63, 3.8) is 0 Å². The van der Waals surface area contributed by atoms with Crippen LogP contribution in [-0.4, -0.2) is 78.9 Å². The molecule has 10 heteroatoms. The first kappa shape index (κ1) is 18.5. The SMILES string of the molecule is [2H]C[C@H](CC(=O)C(=O)O)[C@](O)(NC(C)=O)[C@@H](O)[C@H](O)[C@H](O)CO. The van der Waals surface area contributed by atoms with Crippen molar-refractivity contribution in [1.29, 1.82) is 0 Å². The van der Waals surface area contributed by atoms with Gasteiger partial charge in [-0.3, -0.25) is 9.59 Å². The maximum atomic E-state index is 11.3. The number of carbonyl (C=O) groups is 3. The van der Waals surface area contributed by atoms with Crippen LogP contribution in [0.1, 0.15) is 21.6 Å². The summed E-state index contributed by atoms with van der Waals surface area (Å²) in [4.78, 5) is 33.1. The van der Waals surface area contributed by atoms with Gasteiger partial charge in [-0.1, -0.05) is 6.90 Å². The van der Waals surface area contributed by atoms with E-state index in [0.717, 1.165) is 6.92 Å². The summed E-state index contributed by atoms with van der Waals surface area (Å²) in [5, 5.41) is 58.7. The topological polar surface area (TPSA) is 185 Å². The smallest absolute Gasteiger partial charge is 0.372 e. The predicted octanol–water partition coefficient (Wildman–Crippen LogP) is -3.43. The lowest BCUT2D eigenvalue weighted by Crippen LogP contribution is -2.65. The Morgan fingerprint density at radius 1 is 1.27 bits per heavy atom. The highest BCUT2D eigenvalue weighted by Gasteiger charge is 2.47. The molecule has 0 rings (SSSR count). The number of Topliss-reactive ketones (excluding diaryl/α,β-unsaturated/α-hetero) is 1. The van der Waals surface area contributed by atoms with Gasteiger partial charge in [0.2, 0.25) is 11.7 Å². The minimum Gasteiger partial charge on any atom is -0.476 e. The maximum Gasteiger partial charge on any atom is 0.372 e. The zero-order valence-electron chi connectivity index (χ0n) is 12.8. The lowest BCUT2D eigenvalue weighted by atomic mass is 9.84. The summed E-state index contributed by atoms with van der Waals surface area (Å²) in [6.45, 7) is -0.824. The van der Waals surface area contributed by atoms with Gasteiger partial charge in [-0.05, 0) is 0 Å². The monoisotopic (exact) mass is 324 g/mol. The largest absolute Gasteiger partial charge is 0.476 e. The Morgan fingerprint density at radius 3 is 2.18 bits per heavy atom. The number of carbonyl (C=O) groups excluding carboxylic acids is 2. The molecule has 0 aromatic heterocycles. The molecule has 0 heterocycles. The number of carboxylic acids is 1. The van der Waals surface area contributed by atoms with E-state index in [2.05, 4.69) is 0 Å². The van der Waals surface area contributed by atoms with Crippen molar-refractivity contribution in [2.24, 2.45) is 5.92 Å². The van der Waals surface area contributed by atoms with Crippen molar-refractivity contribution in [3.05, 3.63) is 0 Å². The van der Waals surface area contributed by atoms with E-state index >= 15 is 0 Å². The van der Waals surface area contributed by atoms with Gasteiger partial charge in [0, 0.05) is 20.6 Å². The molecular weight excluding hydrogens is 302 g/mol. The van der Waals surface area contributed by atoms with E-state index in [4.69, 9.17) is 11.6 Å². The third-order valence-corrected chi connectivity index (χ3v) is 3.02. The Morgan fingerprint density at radius 2 is 1.82 bits per heavy atom. The van der Waals surface area contributed by atoms with Crippen molar-refractivity contribution in [1.82, 2.24) is 5.32 Å². The van der Waals surface area contributed by atoms with Crippen molar-refractivity contribution >= 4 is 17.7 Å². The number of aliphatic carboxylic acids is 1. The molecular formula is C12H21NO9. The van der Waals surface area contributed by atoms with Crippen LogP contribution >= 0.6 is 0 Å². The molecule has 5 atom stereocenters. The first-order valence-electron chi connectivity index (χ1n) is 6.93. The zero-order valence-corrected chi connectivity index (χ0v) is 11.8. The van der Waals surface area contributed by atoms with Crippen LogP contribution in [0.5, 0.6) is 0 Å². The van der Waals surface area contributed by atoms with Crippen LogP contribution in [0.3, 0.4) is 0 Å². The van der Waals surface area contributed by atoms with Gasteiger partial charge < -0.3 is 36.0 Å². The highest BCUT2D eigenvalue weighted by Crippen LogP contribution is 2.25. The van der Waals surface area contributed by atoms with Crippen molar-refractivity contribution < 1.29 is 46.4 Å². The van der Waals surface area contributed by atoms with Gasteiger partial charge in [0.05, 0.1) is 6.61 Å². The summed E-state index contributed by atoms with van der Waals surface area (Å²) in [7, 11) is 0. The second-order valence-corrected chi connectivity index (χ2v) is 4.82. The van der Waals surface area contributed by atoms with Crippen molar-refractivity contribution in [3.8, 4) is 0 Å². The van der Waals surface area contributed by atoms with Gasteiger partial charge in [-0.15, -0.1) is 0 Å². The van der Waals surface area contributed by atoms with E-state index < -0.39 is 67.5 Å². The summed E-state index contributed by atoms with van der Waals surface area (Å²) >= 11 is 0. The van der Waals surface area contributed by atoms with E-state index in [9.17, 15) is 34.8 Å². The third-order valence-electron chi connectivity index (χ3n) is 3.02. The Bertz CT molecular complexity index is 446. The minimum atomic E-state index is -2.77. The highest BCUT2D eigenvalue weighted by molar-refractivity contribution is 6.32. The van der Waals surface area contributed by atoms with Crippen LogP contribution in [0.15, 0.2) is 0 Å². The van der Waals surface area contributed by atoms with E-state index in [1.54, 1.807) is 0 Å². The number of aliphatic hydroxyl groups excluding tert-OH is 4. The number of carboxylic acid groups (broad SMARTS) is 1. The van der Waals surface area contributed by atoms with Gasteiger partial charge in [0.1, 0.15) is 18.3 Å². The van der Waals surface area contributed by atoms with Gasteiger partial charge in [-0.25, -0.2) is 4.79 Å². The quantitative estimate of drug-likeness (QED) is 0.167. The lowest BCUT2D eigenvalue weighted by Gasteiger charge is -2.40. The Kier molecular flexibility index (Phi) is 6.84. The van der Waals surface area contributed by atoms with Crippen LogP contribution in [0, 0.1) is 5.92 Å². The number of nitrogens with one attached hydrogen (secondary N) is 1. The Labute approximate surface area is 127 Å². The van der Waals surface area contributed by atoms with E-state index in [-0.39, 0.29) is 0 Å². The normalized spacial score (nSPS) is 20.0. The molecule has 7 N–H and O–H groups in total. The first-order chi connectivity index (χ1) is 10.5. The predicted molar refractivity (Wildman–Crippen MR) is 70.3 cm³/mol. The second kappa shape index (κ2) is 8.15. The van der Waals surface area contributed by atoms with Crippen LogP contribution in [-0.2, 0) is 14.4 Å². The van der Waals surface area contributed by atoms with Crippen LogP contribution in [0.4, 0.5) is 0 Å². The molecule has 0 aromatic carbocycles. The van der Waals surface area contributed by atoms with Crippen LogP contribution < -0.4 is 5.32 Å². The summed E-state index contributed by atoms with van der Waals surface area (Å²) in [6, 6.07) is 0. The fourth-order valence-corrected chi connectivity index (χ4v) is 1.74. The molecule has 0 fully saturated rings. The average Bonchev–Trinajstić information content (AvgIpc) is 2.48. The Hall–Kier alpha value is -1.59. The number of amides is 1. The molecule has 0 aliphatic rings. The fraction of sp³-hybridized carbons (Fsp3) is 0.750. The fourth-order valence-electron chi connectivity index (χ4n) is 1.74. The third kappa shape index (κ3) is 5.00. The van der Waals surface area contributed by atoms with E-state index in [1.807, 2.05) is 5.32 Å². The average molecular weight is 324 g/mol. The summed E-state index contributed by atoms with van der Waals surface area (Å²) < 4.78 is 7.32. The molecule has 0 saturated carbocycles. The molecule has 0 spiro atoms. The van der Waals surface area contributed by atoms with E-state index in [0.29, 0.717) is 0 Å². The summed E-state index contributed by atoms with van der Waals surface area (Å²) in [6.07, 6.45) is -7.22. The number of ketones is 1. The molecule has 0 unspecified atom stereocenters. The van der Waals surface area contributed by atoms with Gasteiger partial charge in [0.25, 0.3) is 0 Å². The zero-order chi connectivity index (χ0) is 18.4. The number of aliphatic hydroxyl groups is 5. The minimum absolute atomic E-state index is 0.783. The van der Waals surface area contributed by atoms with Gasteiger partial charge in [0.15, 0.2) is 5.72 Å². The summed E-state index contributed by atoms with van der Waals surface area (Å²) in [5.74, 6) is -5.71. The molecule has 0 bridgehead atoms. The molecule has 0 aliphatic heterocycles. The molecule has 0 radical (unpaired) electrons. The molecule has 22 heavy (non-hydrogen) atoms. The molecule has 0 aliphatic carbocycles. The van der Waals surface area contributed by atoms with E-state index in [1.165, 1.54) is 0 Å². The van der Waals surface area contributed by atoms with Crippen molar-refractivity contribution in [2.75, 3.05) is 6.61 Å². The second-order valence-electron chi connectivity index (χ2n) is 4.82. The van der Waals surface area contributed by atoms with Gasteiger partial charge in [-0.2, -0.15) is 0 Å². The van der Waals surface area contributed by atoms with Gasteiger partial charge >= 0.3 is 5.97 Å². The first-order valence-corrected chi connectivity index (χ1v) is 6.22. The molecule has 10 nitrogen and oxygen atoms in total. The van der Waals surface area contributed by atoms with Crippen LogP contribution in [0.2, 0.25) is 0 Å². The number of rotatable bonds is 9. The molecule has 0 saturated heterocycles. The van der Waals surface area contributed by atoms with Crippen molar-refractivity contribution in [2.45, 2.75) is 44.3 Å². The molecule has 128 valence electrons. The Balaban J connectivity index is 5.62. The summed E-state index contributed by atoms with van der Waals surface area (Å²) in [5.41, 5.74) is -2.77. The standard InChI is InChI=1S/C12H21NO9/c1-5(3-7(16)11(20)21)12(22,13-6(2)15)10(19)9(18)8(17)4-14/h5,8-10,14,17-19,22H,3-4H2,1-2H3,(H,13,15)(H,20,21)/t5-,8-,9-,10+,12-/m1/s1/i1D. The number of hydrogen-bond donors (Lipinski definition) is 7.